The molecule has 15 heavy (non-hydrogen) atoms. The second-order valence-corrected chi connectivity index (χ2v) is 4.80. The third kappa shape index (κ3) is 4.18. The van der Waals surface area contributed by atoms with Gasteiger partial charge in [0.1, 0.15) is 0 Å². The molecule has 1 aromatic rings. The fourth-order valence-electron chi connectivity index (χ4n) is 1.37. The molecule has 0 aliphatic heterocycles. The Bertz CT molecular complexity index is 273. The summed E-state index contributed by atoms with van der Waals surface area (Å²) in [7, 11) is 2.10. The van der Waals surface area contributed by atoms with Crippen molar-refractivity contribution in [3.05, 3.63) is 11.1 Å². The van der Waals surface area contributed by atoms with Crippen molar-refractivity contribution in [2.75, 3.05) is 25.0 Å². The van der Waals surface area contributed by atoms with E-state index in [1.54, 1.807) is 11.3 Å². The molecule has 0 saturated carbocycles. The van der Waals surface area contributed by atoms with Crippen LogP contribution in [0.4, 0.5) is 5.13 Å². The Morgan fingerprint density at radius 3 is 2.87 bits per heavy atom. The van der Waals surface area contributed by atoms with Crippen LogP contribution in [-0.4, -0.2) is 25.1 Å². The van der Waals surface area contributed by atoms with Gasteiger partial charge >= 0.3 is 0 Å². The van der Waals surface area contributed by atoms with Gasteiger partial charge in [-0.3, -0.25) is 0 Å². The Morgan fingerprint density at radius 2 is 2.20 bits per heavy atom. The topological polar surface area (TPSA) is 28.2 Å². The van der Waals surface area contributed by atoms with Crippen molar-refractivity contribution in [1.29, 1.82) is 0 Å². The van der Waals surface area contributed by atoms with E-state index in [0.717, 1.165) is 24.8 Å². The second-order valence-electron chi connectivity index (χ2n) is 3.71. The van der Waals surface area contributed by atoms with E-state index in [1.807, 2.05) is 6.20 Å². The zero-order valence-corrected chi connectivity index (χ0v) is 10.7. The summed E-state index contributed by atoms with van der Waals surface area (Å²) >= 11 is 1.78. The van der Waals surface area contributed by atoms with E-state index in [2.05, 4.69) is 36.1 Å². The van der Waals surface area contributed by atoms with Crippen molar-refractivity contribution in [3.63, 3.8) is 0 Å². The van der Waals surface area contributed by atoms with Gasteiger partial charge in [-0.25, -0.2) is 4.98 Å². The normalized spacial score (nSPS) is 10.6. The molecule has 0 unspecified atom stereocenters. The highest BCUT2D eigenvalue weighted by Crippen LogP contribution is 2.21. The minimum absolute atomic E-state index is 0.950. The number of nitrogens with zero attached hydrogens (tertiary/aromatic N) is 2. The maximum Gasteiger partial charge on any atom is 0.185 e. The first-order valence-corrected chi connectivity index (χ1v) is 6.46. The Hall–Kier alpha value is -0.610. The Balaban J connectivity index is 2.41. The van der Waals surface area contributed by atoms with Gasteiger partial charge < -0.3 is 10.2 Å². The molecule has 0 aliphatic carbocycles. The summed E-state index contributed by atoms with van der Waals surface area (Å²) in [6.45, 7) is 7.48. The third-order valence-electron chi connectivity index (χ3n) is 2.15. The van der Waals surface area contributed by atoms with E-state index in [4.69, 9.17) is 0 Å². The number of aromatic nitrogens is 1. The fraction of sp³-hybridized carbons (Fsp3) is 0.727. The molecular formula is C11H21N3S. The Labute approximate surface area is 96.5 Å². The molecule has 1 N–H and O–H groups in total. The number of anilines is 1. The first kappa shape index (κ1) is 12.5. The number of rotatable bonds is 7. The van der Waals surface area contributed by atoms with Gasteiger partial charge in [-0.2, -0.15) is 0 Å². The van der Waals surface area contributed by atoms with Crippen molar-refractivity contribution in [1.82, 2.24) is 10.3 Å². The number of hydrogen-bond donors (Lipinski definition) is 1. The van der Waals surface area contributed by atoms with Crippen molar-refractivity contribution < 1.29 is 0 Å². The van der Waals surface area contributed by atoms with Crippen LogP contribution in [0, 0.1) is 0 Å². The van der Waals surface area contributed by atoms with Crippen LogP contribution in [0.2, 0.25) is 0 Å². The first-order valence-electron chi connectivity index (χ1n) is 5.64. The van der Waals surface area contributed by atoms with Crippen LogP contribution in [-0.2, 0) is 6.54 Å². The smallest absolute Gasteiger partial charge is 0.185 e. The van der Waals surface area contributed by atoms with E-state index >= 15 is 0 Å². The summed E-state index contributed by atoms with van der Waals surface area (Å²) in [4.78, 5) is 7.95. The Kier molecular flexibility index (Phi) is 5.65. The minimum Gasteiger partial charge on any atom is -0.351 e. The van der Waals surface area contributed by atoms with Crippen LogP contribution in [0.3, 0.4) is 0 Å². The lowest BCUT2D eigenvalue weighted by Gasteiger charge is -2.13. The average molecular weight is 227 g/mol. The summed E-state index contributed by atoms with van der Waals surface area (Å²) in [6.07, 6.45) is 4.33. The van der Waals surface area contributed by atoms with Gasteiger partial charge in [0.05, 0.1) is 0 Å². The quantitative estimate of drug-likeness (QED) is 0.725. The van der Waals surface area contributed by atoms with Gasteiger partial charge in [-0.05, 0) is 19.4 Å². The molecule has 0 radical (unpaired) electrons. The predicted molar refractivity (Wildman–Crippen MR) is 67.7 cm³/mol. The molecule has 1 rings (SSSR count). The van der Waals surface area contributed by atoms with Crippen molar-refractivity contribution >= 4 is 16.5 Å². The van der Waals surface area contributed by atoms with Gasteiger partial charge in [0, 0.05) is 31.2 Å². The monoisotopic (exact) mass is 227 g/mol. The molecule has 0 bridgehead atoms. The van der Waals surface area contributed by atoms with E-state index in [0.29, 0.717) is 0 Å². The molecule has 0 atom stereocenters. The van der Waals surface area contributed by atoms with Crippen LogP contribution >= 0.6 is 11.3 Å². The highest BCUT2D eigenvalue weighted by atomic mass is 32.1. The molecule has 0 amide bonds. The molecule has 0 aromatic carbocycles. The molecule has 86 valence electrons. The van der Waals surface area contributed by atoms with E-state index in [-0.39, 0.29) is 0 Å². The molecule has 1 heterocycles. The number of hydrogen-bond acceptors (Lipinski definition) is 4. The predicted octanol–water partition coefficient (Wildman–Crippen LogP) is 2.49. The van der Waals surface area contributed by atoms with Crippen molar-refractivity contribution in [2.45, 2.75) is 33.2 Å². The van der Waals surface area contributed by atoms with Gasteiger partial charge in [0.2, 0.25) is 0 Å². The van der Waals surface area contributed by atoms with Gasteiger partial charge in [0.25, 0.3) is 0 Å². The molecule has 0 saturated heterocycles. The number of thiazole rings is 1. The summed E-state index contributed by atoms with van der Waals surface area (Å²) in [5.74, 6) is 0. The van der Waals surface area contributed by atoms with E-state index in [1.165, 1.54) is 17.7 Å². The van der Waals surface area contributed by atoms with E-state index in [9.17, 15) is 0 Å². The first-order chi connectivity index (χ1) is 7.27. The van der Waals surface area contributed by atoms with Crippen LogP contribution in [0.5, 0.6) is 0 Å². The number of nitrogens with one attached hydrogen (secondary N) is 1. The maximum absolute atomic E-state index is 4.42. The lowest BCUT2D eigenvalue weighted by molar-refractivity contribution is 0.681. The molecule has 1 aromatic heterocycles. The molecule has 0 aliphatic rings. The van der Waals surface area contributed by atoms with Gasteiger partial charge in [-0.1, -0.05) is 13.8 Å². The molecule has 4 heteroatoms. The van der Waals surface area contributed by atoms with E-state index < -0.39 is 0 Å². The van der Waals surface area contributed by atoms with Crippen LogP contribution in [0.1, 0.15) is 31.6 Å². The highest BCUT2D eigenvalue weighted by molar-refractivity contribution is 7.15. The SMILES string of the molecule is CCCNCc1cnc(N(C)CCC)s1. The van der Waals surface area contributed by atoms with Crippen molar-refractivity contribution in [2.24, 2.45) is 0 Å². The lowest BCUT2D eigenvalue weighted by Crippen LogP contribution is -2.17. The van der Waals surface area contributed by atoms with Gasteiger partial charge in [-0.15, -0.1) is 11.3 Å². The minimum atomic E-state index is 0.950. The molecule has 0 fully saturated rings. The Morgan fingerprint density at radius 1 is 1.40 bits per heavy atom. The molecule has 3 nitrogen and oxygen atoms in total. The van der Waals surface area contributed by atoms with Crippen LogP contribution < -0.4 is 10.2 Å². The summed E-state index contributed by atoms with van der Waals surface area (Å²) < 4.78 is 0. The highest BCUT2D eigenvalue weighted by Gasteiger charge is 2.05. The average Bonchev–Trinajstić information content (AvgIpc) is 2.67. The maximum atomic E-state index is 4.42. The largest absolute Gasteiger partial charge is 0.351 e. The van der Waals surface area contributed by atoms with Gasteiger partial charge in [0.15, 0.2) is 5.13 Å². The molecular weight excluding hydrogens is 206 g/mol. The third-order valence-corrected chi connectivity index (χ3v) is 3.26. The fourth-order valence-corrected chi connectivity index (χ4v) is 2.24. The van der Waals surface area contributed by atoms with Crippen molar-refractivity contribution in [3.8, 4) is 0 Å². The zero-order chi connectivity index (χ0) is 11.1. The second kappa shape index (κ2) is 6.80. The lowest BCUT2D eigenvalue weighted by atomic mass is 10.4. The summed E-state index contributed by atoms with van der Waals surface area (Å²) in [5.41, 5.74) is 0. The summed E-state index contributed by atoms with van der Waals surface area (Å²) in [6, 6.07) is 0. The standard InChI is InChI=1S/C11H21N3S/c1-4-6-12-8-10-9-13-11(15-10)14(3)7-5-2/h9,12H,4-8H2,1-3H3. The molecule has 0 spiro atoms. The zero-order valence-electron chi connectivity index (χ0n) is 9.92. The summed E-state index contributed by atoms with van der Waals surface area (Å²) in [5, 5.41) is 4.52. The van der Waals surface area contributed by atoms with Crippen LogP contribution in [0.25, 0.3) is 0 Å². The van der Waals surface area contributed by atoms with Crippen LogP contribution in [0.15, 0.2) is 6.20 Å².